The lowest BCUT2D eigenvalue weighted by Crippen LogP contribution is -1.36. The third-order valence-electron chi connectivity index (χ3n) is 0. The van der Waals surface area contributed by atoms with Gasteiger partial charge in [0.25, 0.3) is 8.14 Å². The first-order valence-corrected chi connectivity index (χ1v) is 3.40. The summed E-state index contributed by atoms with van der Waals surface area (Å²) in [5, 5.41) is 0. The van der Waals surface area contributed by atoms with Crippen molar-refractivity contribution in [1.82, 2.24) is 6.15 Å². The Morgan fingerprint density at radius 1 is 1.25 bits per heavy atom. The van der Waals surface area contributed by atoms with Crippen LogP contribution >= 0.6 is 22.2 Å². The highest BCUT2D eigenvalue weighted by atomic mass is 35.7. The molecule has 0 aromatic carbocycles. The lowest BCUT2D eigenvalue weighted by molar-refractivity contribution is 2.13. The molecule has 4 heavy (non-hydrogen) atoms. The van der Waals surface area contributed by atoms with Gasteiger partial charge in [-0.3, -0.25) is 0 Å². The predicted octanol–water partition coefficient (Wildman–Crippen LogP) is 1.16. The van der Waals surface area contributed by atoms with Gasteiger partial charge in [0, 0.05) is 0 Å². The van der Waals surface area contributed by atoms with E-state index < -0.39 is 0 Å². The van der Waals surface area contributed by atoms with Crippen LogP contribution in [0.15, 0.2) is 0 Å². The lowest BCUT2D eigenvalue weighted by atomic mass is 14.0. The van der Waals surface area contributed by atoms with Crippen LogP contribution in [-0.4, -0.2) is 8.14 Å². The average Bonchev–Trinajstić information content (AvgIpc) is 0.918. The highest BCUT2D eigenvalue weighted by molar-refractivity contribution is 7.22. The van der Waals surface area contributed by atoms with Crippen molar-refractivity contribution < 1.29 is 0 Å². The van der Waals surface area contributed by atoms with Crippen molar-refractivity contribution in [2.45, 2.75) is 0 Å². The molecule has 0 unspecified atom stereocenters. The molecule has 0 aliphatic rings. The summed E-state index contributed by atoms with van der Waals surface area (Å²) in [5.41, 5.74) is 0. The summed E-state index contributed by atoms with van der Waals surface area (Å²) in [5.74, 6) is 0. The van der Waals surface area contributed by atoms with Crippen molar-refractivity contribution in [2.75, 3.05) is 0 Å². The van der Waals surface area contributed by atoms with Crippen molar-refractivity contribution in [1.29, 1.82) is 0 Å². The van der Waals surface area contributed by atoms with E-state index in [1.54, 1.807) is 0 Å². The fourth-order valence-corrected chi connectivity index (χ4v) is 0. The van der Waals surface area contributed by atoms with Crippen LogP contribution in [0.3, 0.4) is 0 Å². The summed E-state index contributed by atoms with van der Waals surface area (Å²) < 4.78 is 0. The molecule has 0 heterocycles. The monoisotopic (exact) mass is 115 g/mol. The summed E-state index contributed by atoms with van der Waals surface area (Å²) in [6.45, 7) is 0. The first-order valence-electron chi connectivity index (χ1n) is 0.378. The smallest absolute Gasteiger partial charge is 0.295 e. The second-order valence-electron chi connectivity index (χ2n) is 0.0714. The molecule has 0 saturated heterocycles. The molecule has 0 rings (SSSR count). The molecule has 0 fully saturated rings. The maximum Gasteiger partial charge on any atom is 0.295 e. The second-order valence-corrected chi connectivity index (χ2v) is 1.93. The Kier molecular flexibility index (Phi) is 20.4. The summed E-state index contributed by atoms with van der Waals surface area (Å²) in [6, 6.07) is 0. The predicted molar refractivity (Wildman–Crippen MR) is 22.5 cm³/mol. The molecule has 2 radical (unpaired) electrons. The zero-order chi connectivity index (χ0) is 2.71. The molecular weight excluding hydrogens is 113 g/mol. The van der Waals surface area contributed by atoms with E-state index in [-0.39, 0.29) is 14.3 Å². The van der Waals surface area contributed by atoms with Crippen LogP contribution in [0.4, 0.5) is 0 Å². The van der Waals surface area contributed by atoms with E-state index in [9.17, 15) is 0 Å². The fraction of sp³-hybridized carbons (Fsp3) is 0. The molecule has 0 spiro atoms. The zero-order valence-corrected chi connectivity index (χ0v) is 4.47. The van der Waals surface area contributed by atoms with Gasteiger partial charge in [-0.05, 0) is 0 Å². The van der Waals surface area contributed by atoms with Gasteiger partial charge >= 0.3 is 0 Å². The van der Waals surface area contributed by atoms with Gasteiger partial charge in [0.15, 0.2) is 0 Å². The van der Waals surface area contributed by atoms with E-state index in [0.717, 1.165) is 0 Å². The van der Waals surface area contributed by atoms with Gasteiger partial charge in [-0.1, -0.05) is 0 Å². The van der Waals surface area contributed by atoms with E-state index in [0.29, 0.717) is 0 Å². The van der Waals surface area contributed by atoms with E-state index in [1.165, 1.54) is 0 Å². The quantitative estimate of drug-likeness (QED) is 0.374. The van der Waals surface area contributed by atoms with E-state index in [4.69, 9.17) is 22.2 Å². The van der Waals surface area contributed by atoms with Crippen LogP contribution in [0.5, 0.6) is 0 Å². The van der Waals surface area contributed by atoms with Gasteiger partial charge < -0.3 is 6.15 Å². The lowest BCUT2D eigenvalue weighted by Gasteiger charge is -1.36. The number of halogens is 2. The van der Waals surface area contributed by atoms with Crippen LogP contribution in [-0.2, 0) is 0 Å². The summed E-state index contributed by atoms with van der Waals surface area (Å²) >= 11 is 9.58. The molecule has 0 atom stereocenters. The molecular formula is H3Cl2NSi. The van der Waals surface area contributed by atoms with Gasteiger partial charge in [-0.15, -0.1) is 22.2 Å². The Morgan fingerprint density at radius 2 is 1.25 bits per heavy atom. The SMILES string of the molecule is Cl[Si]Cl.N. The highest BCUT2D eigenvalue weighted by Gasteiger charge is 1.51. The first-order chi connectivity index (χ1) is 1.41. The van der Waals surface area contributed by atoms with Gasteiger partial charge in [0.2, 0.25) is 0 Å². The zero-order valence-electron chi connectivity index (χ0n) is 1.96. The van der Waals surface area contributed by atoms with Gasteiger partial charge in [0.1, 0.15) is 0 Å². The van der Waals surface area contributed by atoms with Crippen LogP contribution < -0.4 is 6.15 Å². The minimum absolute atomic E-state index is 0. The molecule has 26 valence electrons. The highest BCUT2D eigenvalue weighted by Crippen LogP contribution is 1.67. The first kappa shape index (κ1) is 8.83. The van der Waals surface area contributed by atoms with Gasteiger partial charge in [0.05, 0.1) is 0 Å². The maximum atomic E-state index is 4.79. The molecule has 4 heteroatoms. The van der Waals surface area contributed by atoms with Gasteiger partial charge in [-0.25, -0.2) is 0 Å². The third-order valence-corrected chi connectivity index (χ3v) is 0. The van der Waals surface area contributed by atoms with E-state index in [1.807, 2.05) is 0 Å². The summed E-state index contributed by atoms with van der Waals surface area (Å²) in [7, 11) is 0.0278. The Labute approximate surface area is 37.1 Å². The van der Waals surface area contributed by atoms with Crippen LogP contribution in [0, 0.1) is 0 Å². The molecule has 3 N–H and O–H groups in total. The largest absolute Gasteiger partial charge is 0.344 e. The molecule has 0 aromatic rings. The Hall–Kier alpha value is 0.757. The van der Waals surface area contributed by atoms with Crippen molar-refractivity contribution in [3.8, 4) is 0 Å². The van der Waals surface area contributed by atoms with Crippen LogP contribution in [0.2, 0.25) is 0 Å². The topological polar surface area (TPSA) is 35.0 Å². The molecule has 0 aliphatic heterocycles. The molecule has 0 saturated carbocycles. The number of hydrogen-bond donors (Lipinski definition) is 1. The second kappa shape index (κ2) is 9.25. The van der Waals surface area contributed by atoms with Crippen LogP contribution in [0.25, 0.3) is 0 Å². The number of hydrogen-bond acceptors (Lipinski definition) is 1. The minimum atomic E-state index is 0. The van der Waals surface area contributed by atoms with Crippen LogP contribution in [0.1, 0.15) is 0 Å². The Balaban J connectivity index is 0. The Bertz CT molecular complexity index is 6.00. The average molecular weight is 116 g/mol. The molecule has 0 aromatic heterocycles. The molecule has 0 amide bonds. The normalized spacial score (nSPS) is 4.50. The van der Waals surface area contributed by atoms with Crippen molar-refractivity contribution >= 4 is 30.3 Å². The molecule has 0 bridgehead atoms. The summed E-state index contributed by atoms with van der Waals surface area (Å²) in [6.07, 6.45) is 0. The summed E-state index contributed by atoms with van der Waals surface area (Å²) in [4.78, 5) is 0. The minimum Gasteiger partial charge on any atom is -0.344 e. The fourth-order valence-electron chi connectivity index (χ4n) is 0. The molecule has 1 nitrogen and oxygen atoms in total. The van der Waals surface area contributed by atoms with E-state index >= 15 is 0 Å². The van der Waals surface area contributed by atoms with Crippen molar-refractivity contribution in [3.63, 3.8) is 0 Å². The van der Waals surface area contributed by atoms with Gasteiger partial charge in [-0.2, -0.15) is 0 Å². The van der Waals surface area contributed by atoms with Crippen molar-refractivity contribution in [3.05, 3.63) is 0 Å². The molecule has 0 aliphatic carbocycles. The standard InChI is InChI=1S/Cl2Si.H3N/c1-3-2;/h;1H3. The third kappa shape index (κ3) is 14.9. The number of rotatable bonds is 0. The maximum absolute atomic E-state index is 4.79. The Morgan fingerprint density at radius 3 is 1.25 bits per heavy atom. The van der Waals surface area contributed by atoms with Crippen molar-refractivity contribution in [2.24, 2.45) is 0 Å². The van der Waals surface area contributed by atoms with E-state index in [2.05, 4.69) is 0 Å².